The molecule has 0 spiro atoms. The summed E-state index contributed by atoms with van der Waals surface area (Å²) in [5.41, 5.74) is 0.845. The summed E-state index contributed by atoms with van der Waals surface area (Å²) in [6, 6.07) is 5.46. The maximum atomic E-state index is 11.0. The first-order valence-corrected chi connectivity index (χ1v) is 5.97. The molecule has 104 valence electrons. The highest BCUT2D eigenvalue weighted by Gasteiger charge is 2.27. The smallest absolute Gasteiger partial charge is 0.334 e. The summed E-state index contributed by atoms with van der Waals surface area (Å²) in [7, 11) is 3.16. The first kappa shape index (κ1) is 13.5. The zero-order valence-corrected chi connectivity index (χ0v) is 11.0. The summed E-state index contributed by atoms with van der Waals surface area (Å²) in [5, 5.41) is 9.01. The Morgan fingerprint density at radius 1 is 1.42 bits per heavy atom. The lowest BCUT2D eigenvalue weighted by atomic mass is 10.2. The summed E-state index contributed by atoms with van der Waals surface area (Å²) < 4.78 is 15.7. The zero-order chi connectivity index (χ0) is 13.8. The van der Waals surface area contributed by atoms with E-state index < -0.39 is 12.1 Å². The monoisotopic (exact) mass is 267 g/mol. The van der Waals surface area contributed by atoms with Crippen molar-refractivity contribution < 1.29 is 24.1 Å². The van der Waals surface area contributed by atoms with Gasteiger partial charge < -0.3 is 24.2 Å². The van der Waals surface area contributed by atoms with Gasteiger partial charge in [-0.2, -0.15) is 0 Å². The lowest BCUT2D eigenvalue weighted by Crippen LogP contribution is -2.46. The number of ether oxygens (including phenoxy) is 3. The highest BCUT2D eigenvalue weighted by molar-refractivity contribution is 5.74. The van der Waals surface area contributed by atoms with Gasteiger partial charge in [0.1, 0.15) is 11.5 Å². The van der Waals surface area contributed by atoms with Gasteiger partial charge in [-0.3, -0.25) is 0 Å². The average Bonchev–Trinajstić information content (AvgIpc) is 2.46. The Balaban J connectivity index is 2.23. The molecule has 1 saturated heterocycles. The summed E-state index contributed by atoms with van der Waals surface area (Å²) in [6.07, 6.45) is -0.805. The molecule has 0 amide bonds. The van der Waals surface area contributed by atoms with E-state index in [1.807, 2.05) is 17.0 Å². The second kappa shape index (κ2) is 5.79. The standard InChI is InChI=1S/C13H17NO5/c1-17-9-3-4-10(11(7-9)18-2)14-5-6-19-12(8-14)13(15)16/h3-4,7,12H,5-6,8H2,1-2H3,(H,15,16). The van der Waals surface area contributed by atoms with Crippen LogP contribution in [0.4, 0.5) is 5.69 Å². The van der Waals surface area contributed by atoms with Gasteiger partial charge in [-0.25, -0.2) is 4.79 Å². The molecule has 0 saturated carbocycles. The second-order valence-corrected chi connectivity index (χ2v) is 4.18. The molecule has 6 nitrogen and oxygen atoms in total. The van der Waals surface area contributed by atoms with Crippen molar-refractivity contribution in [3.63, 3.8) is 0 Å². The van der Waals surface area contributed by atoms with Crippen molar-refractivity contribution in [3.05, 3.63) is 18.2 Å². The van der Waals surface area contributed by atoms with E-state index in [9.17, 15) is 4.79 Å². The molecule has 1 aliphatic rings. The molecule has 2 rings (SSSR count). The van der Waals surface area contributed by atoms with E-state index in [2.05, 4.69) is 0 Å². The number of rotatable bonds is 4. The van der Waals surface area contributed by atoms with Crippen LogP contribution in [-0.2, 0) is 9.53 Å². The number of carboxylic acid groups (broad SMARTS) is 1. The molecule has 1 fully saturated rings. The lowest BCUT2D eigenvalue weighted by molar-refractivity contribution is -0.150. The van der Waals surface area contributed by atoms with Gasteiger partial charge in [-0.15, -0.1) is 0 Å². The SMILES string of the molecule is COc1ccc(N2CCOC(C(=O)O)C2)c(OC)c1. The number of benzene rings is 1. The fraction of sp³-hybridized carbons (Fsp3) is 0.462. The van der Waals surface area contributed by atoms with Crippen molar-refractivity contribution >= 4 is 11.7 Å². The van der Waals surface area contributed by atoms with Crippen LogP contribution in [-0.4, -0.2) is 51.1 Å². The van der Waals surface area contributed by atoms with Crippen LogP contribution in [0, 0.1) is 0 Å². The highest BCUT2D eigenvalue weighted by Crippen LogP contribution is 2.33. The van der Waals surface area contributed by atoms with E-state index in [0.29, 0.717) is 31.2 Å². The summed E-state index contributed by atoms with van der Waals surface area (Å²) in [6.45, 7) is 1.32. The Bertz CT molecular complexity index is 462. The molecular formula is C13H17NO5. The third-order valence-corrected chi connectivity index (χ3v) is 3.07. The van der Waals surface area contributed by atoms with E-state index in [4.69, 9.17) is 19.3 Å². The fourth-order valence-electron chi connectivity index (χ4n) is 2.06. The highest BCUT2D eigenvalue weighted by atomic mass is 16.5. The number of methoxy groups -OCH3 is 2. The summed E-state index contributed by atoms with van der Waals surface area (Å²) >= 11 is 0. The number of carboxylic acids is 1. The van der Waals surface area contributed by atoms with Gasteiger partial charge in [0, 0.05) is 12.6 Å². The van der Waals surface area contributed by atoms with Gasteiger partial charge in [-0.1, -0.05) is 0 Å². The van der Waals surface area contributed by atoms with Crippen LogP contribution in [0.15, 0.2) is 18.2 Å². The molecule has 1 heterocycles. The maximum Gasteiger partial charge on any atom is 0.334 e. The number of nitrogens with zero attached hydrogens (tertiary/aromatic N) is 1. The largest absolute Gasteiger partial charge is 0.497 e. The Kier molecular flexibility index (Phi) is 4.11. The molecule has 0 aliphatic carbocycles. The number of anilines is 1. The molecule has 1 aromatic rings. The van der Waals surface area contributed by atoms with Crippen LogP contribution < -0.4 is 14.4 Å². The van der Waals surface area contributed by atoms with E-state index in [1.54, 1.807) is 20.3 Å². The minimum absolute atomic E-state index is 0.304. The maximum absolute atomic E-state index is 11.0. The van der Waals surface area contributed by atoms with Crippen LogP contribution in [0.3, 0.4) is 0 Å². The second-order valence-electron chi connectivity index (χ2n) is 4.18. The van der Waals surface area contributed by atoms with Gasteiger partial charge in [0.2, 0.25) is 0 Å². The van der Waals surface area contributed by atoms with Crippen LogP contribution in [0.5, 0.6) is 11.5 Å². The van der Waals surface area contributed by atoms with Crippen LogP contribution in [0.25, 0.3) is 0 Å². The molecule has 1 N–H and O–H groups in total. The molecule has 1 atom stereocenters. The minimum Gasteiger partial charge on any atom is -0.497 e. The van der Waals surface area contributed by atoms with Crippen molar-refractivity contribution in [2.45, 2.75) is 6.10 Å². The topological polar surface area (TPSA) is 68.2 Å². The Morgan fingerprint density at radius 3 is 2.84 bits per heavy atom. The quantitative estimate of drug-likeness (QED) is 0.877. The van der Waals surface area contributed by atoms with Crippen LogP contribution >= 0.6 is 0 Å². The first-order valence-electron chi connectivity index (χ1n) is 5.97. The molecule has 19 heavy (non-hydrogen) atoms. The molecule has 0 radical (unpaired) electrons. The van der Waals surface area contributed by atoms with E-state index >= 15 is 0 Å². The number of carbonyl (C=O) groups is 1. The first-order chi connectivity index (χ1) is 9.15. The van der Waals surface area contributed by atoms with Gasteiger partial charge in [0.25, 0.3) is 0 Å². The average molecular weight is 267 g/mol. The Hall–Kier alpha value is -1.95. The molecule has 1 unspecified atom stereocenters. The molecule has 0 bridgehead atoms. The van der Waals surface area contributed by atoms with Crippen molar-refractivity contribution in [3.8, 4) is 11.5 Å². The van der Waals surface area contributed by atoms with Crippen LogP contribution in [0.1, 0.15) is 0 Å². The number of hydrogen-bond acceptors (Lipinski definition) is 5. The normalized spacial score (nSPS) is 19.1. The Morgan fingerprint density at radius 2 is 2.21 bits per heavy atom. The molecule has 1 aliphatic heterocycles. The minimum atomic E-state index is -0.947. The van der Waals surface area contributed by atoms with Crippen molar-refractivity contribution in [2.75, 3.05) is 38.8 Å². The molecule has 6 heteroatoms. The Labute approximate surface area is 111 Å². The molecule has 0 aromatic heterocycles. The summed E-state index contributed by atoms with van der Waals surface area (Å²) in [4.78, 5) is 12.9. The van der Waals surface area contributed by atoms with Crippen molar-refractivity contribution in [2.24, 2.45) is 0 Å². The number of hydrogen-bond donors (Lipinski definition) is 1. The predicted molar refractivity (Wildman–Crippen MR) is 69.1 cm³/mol. The van der Waals surface area contributed by atoms with Gasteiger partial charge >= 0.3 is 5.97 Å². The molecular weight excluding hydrogens is 250 g/mol. The number of aliphatic carboxylic acids is 1. The number of morpholine rings is 1. The van der Waals surface area contributed by atoms with E-state index in [0.717, 1.165) is 5.69 Å². The van der Waals surface area contributed by atoms with Gasteiger partial charge in [-0.05, 0) is 12.1 Å². The van der Waals surface area contributed by atoms with E-state index in [1.165, 1.54) is 0 Å². The van der Waals surface area contributed by atoms with Crippen LogP contribution in [0.2, 0.25) is 0 Å². The summed E-state index contributed by atoms with van der Waals surface area (Å²) in [5.74, 6) is 0.409. The zero-order valence-electron chi connectivity index (χ0n) is 11.0. The molecule has 1 aromatic carbocycles. The van der Waals surface area contributed by atoms with Crippen molar-refractivity contribution in [1.29, 1.82) is 0 Å². The fourth-order valence-corrected chi connectivity index (χ4v) is 2.06. The lowest BCUT2D eigenvalue weighted by Gasteiger charge is -2.33. The van der Waals surface area contributed by atoms with Gasteiger partial charge in [0.15, 0.2) is 6.10 Å². The van der Waals surface area contributed by atoms with Gasteiger partial charge in [0.05, 0.1) is 33.1 Å². The van der Waals surface area contributed by atoms with E-state index in [-0.39, 0.29) is 0 Å². The third kappa shape index (κ3) is 2.90. The van der Waals surface area contributed by atoms with Crippen molar-refractivity contribution in [1.82, 2.24) is 0 Å². The predicted octanol–water partition coefficient (Wildman–Crippen LogP) is 0.994. The third-order valence-electron chi connectivity index (χ3n) is 3.07.